The summed E-state index contributed by atoms with van der Waals surface area (Å²) in [5, 5.41) is 5.61. The minimum atomic E-state index is -4.44. The summed E-state index contributed by atoms with van der Waals surface area (Å²) in [7, 11) is 1.72. The average molecular weight is 596 g/mol. The first kappa shape index (κ1) is 31.6. The van der Waals surface area contributed by atoms with Crippen LogP contribution in [0, 0.1) is 11.8 Å². The van der Waals surface area contributed by atoms with Crippen molar-refractivity contribution < 1.29 is 22.8 Å². The largest absolute Gasteiger partial charge is 0.416 e. The van der Waals surface area contributed by atoms with Crippen LogP contribution in [0.2, 0.25) is 0 Å². The van der Waals surface area contributed by atoms with Gasteiger partial charge in [-0.1, -0.05) is 84.6 Å². The SMILES string of the molecule is C/C(=C\N(C)C(C)C(=O)NCC#Cc1ccc(-c2ccccc2)cc1)NC(=O)c1ccccc1-c1ccc(C(F)(F)F)cc1. The predicted octanol–water partition coefficient (Wildman–Crippen LogP) is 7.12. The predicted molar refractivity (Wildman–Crippen MR) is 167 cm³/mol. The van der Waals surface area contributed by atoms with E-state index in [1.54, 1.807) is 56.3 Å². The number of amides is 2. The van der Waals surface area contributed by atoms with Gasteiger partial charge in [0, 0.05) is 30.1 Å². The molecule has 2 N–H and O–H groups in total. The average Bonchev–Trinajstić information content (AvgIpc) is 3.03. The van der Waals surface area contributed by atoms with E-state index in [0.29, 0.717) is 22.4 Å². The van der Waals surface area contributed by atoms with Gasteiger partial charge < -0.3 is 15.5 Å². The number of hydrogen-bond donors (Lipinski definition) is 2. The van der Waals surface area contributed by atoms with Gasteiger partial charge in [0.05, 0.1) is 12.1 Å². The fraction of sp³-hybridized carbons (Fsp3) is 0.167. The van der Waals surface area contributed by atoms with Crippen molar-refractivity contribution >= 4 is 11.8 Å². The van der Waals surface area contributed by atoms with Gasteiger partial charge in [0.25, 0.3) is 5.91 Å². The minimum absolute atomic E-state index is 0.178. The van der Waals surface area contributed by atoms with Crippen molar-refractivity contribution in [2.45, 2.75) is 26.1 Å². The van der Waals surface area contributed by atoms with Crippen molar-refractivity contribution in [3.8, 4) is 34.1 Å². The second-order valence-corrected chi connectivity index (χ2v) is 10.2. The first-order chi connectivity index (χ1) is 21.0. The van der Waals surface area contributed by atoms with Crippen LogP contribution in [-0.2, 0) is 11.0 Å². The van der Waals surface area contributed by atoms with Crippen molar-refractivity contribution in [1.29, 1.82) is 0 Å². The molecule has 4 rings (SSSR count). The Morgan fingerprint density at radius 1 is 0.841 bits per heavy atom. The van der Waals surface area contributed by atoms with Gasteiger partial charge in [0.1, 0.15) is 6.04 Å². The summed E-state index contributed by atoms with van der Waals surface area (Å²) in [6.07, 6.45) is -2.80. The number of likely N-dealkylation sites (N-methyl/N-ethyl adjacent to an activating group) is 1. The third-order valence-corrected chi connectivity index (χ3v) is 6.97. The normalized spacial score (nSPS) is 12.0. The Labute approximate surface area is 255 Å². The molecule has 4 aromatic carbocycles. The van der Waals surface area contributed by atoms with Crippen LogP contribution in [0.3, 0.4) is 0 Å². The molecule has 0 aliphatic heterocycles. The van der Waals surface area contributed by atoms with Gasteiger partial charge in [-0.15, -0.1) is 0 Å². The Morgan fingerprint density at radius 2 is 1.43 bits per heavy atom. The molecule has 0 aliphatic rings. The highest BCUT2D eigenvalue weighted by molar-refractivity contribution is 6.01. The molecular weight excluding hydrogens is 563 g/mol. The smallest absolute Gasteiger partial charge is 0.367 e. The van der Waals surface area contributed by atoms with Crippen LogP contribution in [0.25, 0.3) is 22.3 Å². The number of nitrogens with one attached hydrogen (secondary N) is 2. The van der Waals surface area contributed by atoms with Crippen LogP contribution in [0.15, 0.2) is 115 Å². The summed E-state index contributed by atoms with van der Waals surface area (Å²) in [5.41, 5.74) is 4.09. The molecule has 8 heteroatoms. The number of nitrogens with zero attached hydrogens (tertiary/aromatic N) is 1. The molecule has 0 spiro atoms. The third kappa shape index (κ3) is 8.39. The molecule has 0 bridgehead atoms. The monoisotopic (exact) mass is 595 g/mol. The number of carbonyl (C=O) groups is 2. The Kier molecular flexibility index (Phi) is 10.3. The van der Waals surface area contributed by atoms with E-state index in [2.05, 4.69) is 22.5 Å². The first-order valence-electron chi connectivity index (χ1n) is 13.9. The van der Waals surface area contributed by atoms with Crippen LogP contribution < -0.4 is 10.6 Å². The maximum absolute atomic E-state index is 13.1. The molecule has 0 aliphatic carbocycles. The van der Waals surface area contributed by atoms with Crippen molar-refractivity contribution in [3.05, 3.63) is 132 Å². The van der Waals surface area contributed by atoms with Gasteiger partial charge in [0.15, 0.2) is 0 Å². The van der Waals surface area contributed by atoms with Crippen LogP contribution in [0.4, 0.5) is 13.2 Å². The minimum Gasteiger partial charge on any atom is -0.367 e. The molecule has 5 nitrogen and oxygen atoms in total. The van der Waals surface area contributed by atoms with E-state index >= 15 is 0 Å². The Bertz CT molecular complexity index is 1690. The van der Waals surface area contributed by atoms with E-state index in [-0.39, 0.29) is 12.5 Å². The zero-order chi connectivity index (χ0) is 31.7. The van der Waals surface area contributed by atoms with E-state index in [0.717, 1.165) is 28.8 Å². The summed E-state index contributed by atoms with van der Waals surface area (Å²) in [6, 6.07) is 28.8. The van der Waals surface area contributed by atoms with Gasteiger partial charge in [0.2, 0.25) is 5.91 Å². The van der Waals surface area contributed by atoms with Gasteiger partial charge >= 0.3 is 6.18 Å². The first-order valence-corrected chi connectivity index (χ1v) is 13.9. The van der Waals surface area contributed by atoms with E-state index < -0.39 is 23.7 Å². The Morgan fingerprint density at radius 3 is 2.09 bits per heavy atom. The number of halogens is 3. The summed E-state index contributed by atoms with van der Waals surface area (Å²) in [4.78, 5) is 27.5. The number of allylic oxidation sites excluding steroid dienone is 1. The molecule has 1 atom stereocenters. The Balaban J connectivity index is 1.31. The number of rotatable bonds is 8. The molecule has 0 saturated carbocycles. The van der Waals surface area contributed by atoms with Gasteiger partial charge in [-0.3, -0.25) is 9.59 Å². The molecule has 0 aromatic heterocycles. The highest BCUT2D eigenvalue weighted by atomic mass is 19.4. The van der Waals surface area contributed by atoms with E-state index in [1.165, 1.54) is 12.1 Å². The lowest BCUT2D eigenvalue weighted by Crippen LogP contribution is -2.41. The molecule has 0 radical (unpaired) electrons. The lowest BCUT2D eigenvalue weighted by atomic mass is 9.98. The topological polar surface area (TPSA) is 61.4 Å². The molecular formula is C36H32F3N3O2. The lowest BCUT2D eigenvalue weighted by Gasteiger charge is -2.23. The van der Waals surface area contributed by atoms with E-state index in [4.69, 9.17) is 0 Å². The van der Waals surface area contributed by atoms with Gasteiger partial charge in [-0.05, 0) is 66.4 Å². The number of carbonyl (C=O) groups excluding carboxylic acids is 2. The summed E-state index contributed by atoms with van der Waals surface area (Å²) >= 11 is 0. The second kappa shape index (κ2) is 14.3. The fourth-order valence-electron chi connectivity index (χ4n) is 4.45. The van der Waals surface area contributed by atoms with Crippen molar-refractivity contribution in [1.82, 2.24) is 15.5 Å². The van der Waals surface area contributed by atoms with Crippen LogP contribution >= 0.6 is 0 Å². The molecule has 2 amide bonds. The molecule has 0 saturated heterocycles. The van der Waals surface area contributed by atoms with Gasteiger partial charge in [-0.25, -0.2) is 0 Å². The third-order valence-electron chi connectivity index (χ3n) is 6.97. The highest BCUT2D eigenvalue weighted by Crippen LogP contribution is 2.32. The molecule has 4 aromatic rings. The fourth-order valence-corrected chi connectivity index (χ4v) is 4.45. The molecule has 44 heavy (non-hydrogen) atoms. The highest BCUT2D eigenvalue weighted by Gasteiger charge is 2.30. The lowest BCUT2D eigenvalue weighted by molar-refractivity contribution is -0.137. The second-order valence-electron chi connectivity index (χ2n) is 10.2. The van der Waals surface area contributed by atoms with Gasteiger partial charge in [-0.2, -0.15) is 13.2 Å². The summed E-state index contributed by atoms with van der Waals surface area (Å²) < 4.78 is 38.9. The van der Waals surface area contributed by atoms with E-state index in [9.17, 15) is 22.8 Å². The Hall–Kier alpha value is -5.29. The standard InChI is InChI=1S/C36H32F3N3O2/c1-25(41-35(44)33-14-8-7-13-32(33)30-19-21-31(22-20-30)36(37,38)39)24-42(3)26(2)34(43)40-23-9-10-27-15-17-29(18-16-27)28-11-5-4-6-12-28/h4-8,11-22,24,26H,23H2,1-3H3,(H,40,43)(H,41,44)/b25-24+. The number of hydrogen-bond acceptors (Lipinski definition) is 3. The molecule has 0 heterocycles. The molecule has 1 unspecified atom stereocenters. The maximum atomic E-state index is 13.1. The maximum Gasteiger partial charge on any atom is 0.416 e. The van der Waals surface area contributed by atoms with Crippen LogP contribution in [-0.4, -0.2) is 36.3 Å². The van der Waals surface area contributed by atoms with Crippen molar-refractivity contribution in [2.24, 2.45) is 0 Å². The molecule has 224 valence electrons. The van der Waals surface area contributed by atoms with Crippen molar-refractivity contribution in [2.75, 3.05) is 13.6 Å². The summed E-state index contributed by atoms with van der Waals surface area (Å²) in [5.74, 6) is 5.37. The van der Waals surface area contributed by atoms with Crippen LogP contribution in [0.1, 0.15) is 35.3 Å². The zero-order valence-corrected chi connectivity index (χ0v) is 24.6. The quantitative estimate of drug-likeness (QED) is 0.213. The van der Waals surface area contributed by atoms with E-state index in [1.807, 2.05) is 54.6 Å². The number of benzene rings is 4. The zero-order valence-electron chi connectivity index (χ0n) is 24.6. The molecule has 0 fully saturated rings. The number of alkyl halides is 3. The van der Waals surface area contributed by atoms with Crippen molar-refractivity contribution in [3.63, 3.8) is 0 Å². The summed E-state index contributed by atoms with van der Waals surface area (Å²) in [6.45, 7) is 3.60. The van der Waals surface area contributed by atoms with Crippen LogP contribution in [0.5, 0.6) is 0 Å².